The van der Waals surface area contributed by atoms with E-state index in [-0.39, 0.29) is 13.2 Å². The van der Waals surface area contributed by atoms with E-state index in [1.807, 2.05) is 97.1 Å². The monoisotopic (exact) mass is 705 g/mol. The highest BCUT2D eigenvalue weighted by molar-refractivity contribution is 5.68. The van der Waals surface area contributed by atoms with Crippen molar-refractivity contribution >= 4 is 12.2 Å². The molecule has 0 spiro atoms. The van der Waals surface area contributed by atoms with Gasteiger partial charge in [-0.15, -0.1) is 0 Å². The summed E-state index contributed by atoms with van der Waals surface area (Å²) in [6.07, 6.45) is 2.24. The molecule has 5 rings (SSSR count). The van der Waals surface area contributed by atoms with E-state index in [9.17, 15) is 9.59 Å². The molecule has 0 saturated heterocycles. The van der Waals surface area contributed by atoms with Gasteiger partial charge in [-0.3, -0.25) is 14.8 Å². The van der Waals surface area contributed by atoms with E-state index in [1.54, 1.807) is 56.7 Å². The summed E-state index contributed by atoms with van der Waals surface area (Å²) >= 11 is 0. The number of rotatable bonds is 16. The summed E-state index contributed by atoms with van der Waals surface area (Å²) in [7, 11) is 6.43. The lowest BCUT2D eigenvalue weighted by molar-refractivity contribution is 0.0898. The number of hydrogen-bond donors (Lipinski definition) is 0. The van der Waals surface area contributed by atoms with Crippen LogP contribution in [0.1, 0.15) is 33.4 Å². The van der Waals surface area contributed by atoms with Crippen LogP contribution < -0.4 is 18.9 Å². The van der Waals surface area contributed by atoms with Gasteiger partial charge in [0.05, 0.1) is 28.4 Å². The van der Waals surface area contributed by atoms with Crippen LogP contribution >= 0.6 is 0 Å². The molecule has 52 heavy (non-hydrogen) atoms. The third-order valence-electron chi connectivity index (χ3n) is 8.17. The number of benzene rings is 4. The van der Waals surface area contributed by atoms with E-state index in [0.29, 0.717) is 48.8 Å². The second-order valence-electron chi connectivity index (χ2n) is 11.9. The number of ether oxygens (including phenoxy) is 6. The van der Waals surface area contributed by atoms with Crippen LogP contribution in [0.2, 0.25) is 0 Å². The Kier molecular flexibility index (Phi) is 13.3. The quantitative estimate of drug-likeness (QED) is 0.102. The number of pyridine rings is 1. The average molecular weight is 706 g/mol. The molecule has 0 radical (unpaired) electrons. The van der Waals surface area contributed by atoms with Crippen LogP contribution in [-0.4, -0.2) is 55.4 Å². The topological polar surface area (TPSA) is 109 Å². The molecule has 0 saturated carbocycles. The van der Waals surface area contributed by atoms with Crippen LogP contribution in [0.4, 0.5) is 9.59 Å². The molecule has 0 unspecified atom stereocenters. The van der Waals surface area contributed by atoms with Crippen LogP contribution in [0.3, 0.4) is 0 Å². The smallest absolute Gasteiger partial charge is 0.410 e. The Morgan fingerprint density at radius 1 is 0.462 bits per heavy atom. The lowest BCUT2D eigenvalue weighted by Gasteiger charge is -2.23. The van der Waals surface area contributed by atoms with Gasteiger partial charge < -0.3 is 28.4 Å². The molecule has 1 aromatic heterocycles. The minimum atomic E-state index is -0.498. The van der Waals surface area contributed by atoms with E-state index < -0.39 is 12.2 Å². The minimum Gasteiger partial charge on any atom is -0.497 e. The Balaban J connectivity index is 1.23. The second-order valence-corrected chi connectivity index (χ2v) is 11.9. The predicted molar refractivity (Wildman–Crippen MR) is 195 cm³/mol. The van der Waals surface area contributed by atoms with Crippen molar-refractivity contribution in [2.24, 2.45) is 0 Å². The highest BCUT2D eigenvalue weighted by Crippen LogP contribution is 2.21. The number of hydrogen-bond acceptors (Lipinski definition) is 9. The fourth-order valence-electron chi connectivity index (χ4n) is 5.43. The van der Waals surface area contributed by atoms with Gasteiger partial charge in [0.25, 0.3) is 0 Å². The maximum absolute atomic E-state index is 13.5. The van der Waals surface area contributed by atoms with Crippen molar-refractivity contribution in [3.05, 3.63) is 149 Å². The summed E-state index contributed by atoms with van der Waals surface area (Å²) in [6.45, 7) is 1.20. The molecule has 0 N–H and O–H groups in total. The number of aromatic nitrogens is 1. The summed E-state index contributed by atoms with van der Waals surface area (Å²) < 4.78 is 32.9. The zero-order chi connectivity index (χ0) is 36.7. The highest BCUT2D eigenvalue weighted by Gasteiger charge is 2.19. The molecule has 0 fully saturated rings. The molecule has 11 nitrogen and oxygen atoms in total. The Bertz CT molecular complexity index is 1770. The molecule has 11 heteroatoms. The maximum Gasteiger partial charge on any atom is 0.410 e. The molecule has 5 aromatic rings. The average Bonchev–Trinajstić information content (AvgIpc) is 3.19. The molecule has 0 aliphatic rings. The maximum atomic E-state index is 13.5. The molecule has 2 amide bonds. The highest BCUT2D eigenvalue weighted by atomic mass is 16.6. The van der Waals surface area contributed by atoms with Gasteiger partial charge in [0, 0.05) is 49.7 Å². The Morgan fingerprint density at radius 3 is 1.23 bits per heavy atom. The third-order valence-corrected chi connectivity index (χ3v) is 8.17. The fourth-order valence-corrected chi connectivity index (χ4v) is 5.43. The first-order valence-electron chi connectivity index (χ1n) is 16.6. The van der Waals surface area contributed by atoms with Gasteiger partial charge in [0.2, 0.25) is 0 Å². The summed E-state index contributed by atoms with van der Waals surface area (Å²) in [6, 6.07) is 32.0. The first kappa shape index (κ1) is 37.0. The minimum absolute atomic E-state index is 0.0235. The van der Waals surface area contributed by atoms with Crippen molar-refractivity contribution in [3.8, 4) is 23.0 Å². The molecule has 1 heterocycles. The van der Waals surface area contributed by atoms with Gasteiger partial charge in [-0.05, 0) is 76.9 Å². The zero-order valence-electron chi connectivity index (χ0n) is 29.8. The van der Waals surface area contributed by atoms with Crippen LogP contribution in [0, 0.1) is 0 Å². The van der Waals surface area contributed by atoms with Crippen molar-refractivity contribution < 1.29 is 38.0 Å². The van der Waals surface area contributed by atoms with Gasteiger partial charge in [-0.2, -0.15) is 0 Å². The summed E-state index contributed by atoms with van der Waals surface area (Å²) in [5.41, 5.74) is 4.92. The number of amides is 2. The molecule has 0 aliphatic heterocycles. The SMILES string of the molecule is COc1ccc(CN(Cc2cccc(OC)c2)C(=O)OCc2cncc(COC(=O)N(Cc3ccc(OC)cc3)Cc3cccc(OC)c3)c2)cc1. The van der Waals surface area contributed by atoms with Crippen LogP contribution in [0.25, 0.3) is 0 Å². The second kappa shape index (κ2) is 18.7. The van der Waals surface area contributed by atoms with E-state index in [4.69, 9.17) is 28.4 Å². The van der Waals surface area contributed by atoms with Crippen LogP contribution in [-0.2, 0) is 48.9 Å². The van der Waals surface area contributed by atoms with Crippen LogP contribution in [0.15, 0.2) is 116 Å². The van der Waals surface area contributed by atoms with Crippen molar-refractivity contribution in [3.63, 3.8) is 0 Å². The normalized spacial score (nSPS) is 10.5. The summed E-state index contributed by atoms with van der Waals surface area (Å²) in [4.78, 5) is 34.5. The summed E-state index contributed by atoms with van der Waals surface area (Å²) in [5.74, 6) is 2.85. The van der Waals surface area contributed by atoms with Crippen molar-refractivity contribution in [2.45, 2.75) is 39.4 Å². The summed E-state index contributed by atoms with van der Waals surface area (Å²) in [5, 5.41) is 0. The molecule has 0 aliphatic carbocycles. The Hall–Kier alpha value is -6.23. The standard InChI is InChI=1S/C41H43N3O8/c1-47-36-15-11-30(12-16-36)24-43(26-32-7-5-9-38(20-32)49-3)40(45)51-28-34-19-35(23-42-22-34)29-52-41(46)44(25-31-13-17-37(48-2)18-14-31)27-33-8-6-10-39(21-33)50-4/h5-23H,24-29H2,1-4H3. The predicted octanol–water partition coefficient (Wildman–Crippen LogP) is 7.79. The van der Waals surface area contributed by atoms with Crippen molar-refractivity contribution in [1.29, 1.82) is 0 Å². The van der Waals surface area contributed by atoms with Gasteiger partial charge in [-0.25, -0.2) is 9.59 Å². The largest absolute Gasteiger partial charge is 0.497 e. The lowest BCUT2D eigenvalue weighted by Crippen LogP contribution is -2.31. The third kappa shape index (κ3) is 10.9. The van der Waals surface area contributed by atoms with Crippen molar-refractivity contribution in [1.82, 2.24) is 14.8 Å². The Morgan fingerprint density at radius 2 is 0.846 bits per heavy atom. The number of methoxy groups -OCH3 is 4. The fraction of sp³-hybridized carbons (Fsp3) is 0.244. The van der Waals surface area contributed by atoms with E-state index >= 15 is 0 Å². The van der Waals surface area contributed by atoms with Gasteiger partial charge in [-0.1, -0.05) is 48.5 Å². The van der Waals surface area contributed by atoms with E-state index in [0.717, 1.165) is 33.8 Å². The van der Waals surface area contributed by atoms with Gasteiger partial charge in [0.1, 0.15) is 36.2 Å². The van der Waals surface area contributed by atoms with Crippen molar-refractivity contribution in [2.75, 3.05) is 28.4 Å². The molecular formula is C41H43N3O8. The number of nitrogens with zero attached hydrogens (tertiary/aromatic N) is 3. The molecule has 4 aromatic carbocycles. The number of carbonyl (C=O) groups excluding carboxylic acids is 2. The molecule has 0 bridgehead atoms. The number of carbonyl (C=O) groups is 2. The van der Waals surface area contributed by atoms with Gasteiger partial charge in [0.15, 0.2) is 0 Å². The first-order valence-corrected chi connectivity index (χ1v) is 16.6. The Labute approximate surface area is 304 Å². The zero-order valence-corrected chi connectivity index (χ0v) is 29.8. The van der Waals surface area contributed by atoms with Crippen LogP contribution in [0.5, 0.6) is 23.0 Å². The van der Waals surface area contributed by atoms with Gasteiger partial charge >= 0.3 is 12.2 Å². The van der Waals surface area contributed by atoms with E-state index in [2.05, 4.69) is 4.98 Å². The molecule has 270 valence electrons. The first-order chi connectivity index (χ1) is 25.3. The molecule has 0 atom stereocenters. The van der Waals surface area contributed by atoms with E-state index in [1.165, 1.54) is 0 Å². The lowest BCUT2D eigenvalue weighted by atomic mass is 10.1. The molecular weight excluding hydrogens is 662 g/mol.